The molecule has 17 heavy (non-hydrogen) atoms. The minimum atomic E-state index is -1.35. The van der Waals surface area contributed by atoms with Gasteiger partial charge in [0, 0.05) is 24.2 Å². The number of aryl methyl sites for hydroxylation is 1. The first-order valence-corrected chi connectivity index (χ1v) is 6.29. The topological polar surface area (TPSA) is 42.3 Å². The second-order valence-corrected chi connectivity index (χ2v) is 4.76. The largest absolute Gasteiger partial charge is 0.264 e. The highest BCUT2D eigenvalue weighted by Gasteiger charge is 1.99. The molecule has 0 saturated heterocycles. The fourth-order valence-electron chi connectivity index (χ4n) is 1.28. The molecule has 0 aliphatic carbocycles. The van der Waals surface area contributed by atoms with Crippen LogP contribution in [0.2, 0.25) is 0 Å². The molecule has 0 bridgehead atoms. The molecule has 0 spiro atoms. The second-order valence-electron chi connectivity index (χ2n) is 3.58. The first-order valence-electron chi connectivity index (χ1n) is 5.18. The smallest absolute Gasteiger partial charge is 0.172 e. The molecule has 2 aromatic rings. The fraction of sp³-hybridized carbons (Fsp3) is 0.0769. The third-order valence-corrected chi connectivity index (χ3v) is 3.18. The minimum absolute atomic E-state index is 0.704. The number of rotatable bonds is 3. The second kappa shape index (κ2) is 5.50. The van der Waals surface area contributed by atoms with Gasteiger partial charge in [0.05, 0.1) is 4.90 Å². The molecule has 0 aliphatic rings. The average Bonchev–Trinajstić information content (AvgIpc) is 2.38. The Bertz CT molecular complexity index is 535. The summed E-state index contributed by atoms with van der Waals surface area (Å²) in [6.07, 6.45) is 4.94. The van der Waals surface area contributed by atoms with Crippen LogP contribution in [-0.4, -0.2) is 15.4 Å². The highest BCUT2D eigenvalue weighted by molar-refractivity contribution is 7.83. The SMILES string of the molecule is Cc1ccc([S@](=O)/N=C/c2cccnc2)cc1. The summed E-state index contributed by atoms with van der Waals surface area (Å²) < 4.78 is 15.8. The van der Waals surface area contributed by atoms with Crippen molar-refractivity contribution < 1.29 is 4.21 Å². The molecule has 0 amide bonds. The van der Waals surface area contributed by atoms with Crippen molar-refractivity contribution in [1.82, 2.24) is 4.98 Å². The number of nitrogens with zero attached hydrogens (tertiary/aromatic N) is 2. The lowest BCUT2D eigenvalue weighted by Gasteiger charge is -1.96. The van der Waals surface area contributed by atoms with Crippen molar-refractivity contribution in [2.75, 3.05) is 0 Å². The van der Waals surface area contributed by atoms with E-state index in [4.69, 9.17) is 0 Å². The van der Waals surface area contributed by atoms with Gasteiger partial charge in [0.1, 0.15) is 0 Å². The van der Waals surface area contributed by atoms with Crippen molar-refractivity contribution in [3.8, 4) is 0 Å². The Morgan fingerprint density at radius 3 is 2.65 bits per heavy atom. The van der Waals surface area contributed by atoms with Gasteiger partial charge in [-0.3, -0.25) is 4.98 Å². The van der Waals surface area contributed by atoms with E-state index in [1.54, 1.807) is 18.6 Å². The molecular weight excluding hydrogens is 232 g/mol. The molecule has 0 fully saturated rings. The van der Waals surface area contributed by atoms with Gasteiger partial charge in [-0.2, -0.15) is 4.40 Å². The van der Waals surface area contributed by atoms with Gasteiger partial charge >= 0.3 is 0 Å². The fourth-order valence-corrected chi connectivity index (χ4v) is 1.98. The van der Waals surface area contributed by atoms with Crippen molar-refractivity contribution >= 4 is 17.2 Å². The predicted octanol–water partition coefficient (Wildman–Crippen LogP) is 2.53. The van der Waals surface area contributed by atoms with Crippen LogP contribution in [0.25, 0.3) is 0 Å². The predicted molar refractivity (Wildman–Crippen MR) is 69.4 cm³/mol. The van der Waals surface area contributed by atoms with E-state index in [2.05, 4.69) is 9.38 Å². The normalized spacial score (nSPS) is 12.8. The highest BCUT2D eigenvalue weighted by Crippen LogP contribution is 2.09. The van der Waals surface area contributed by atoms with Crippen molar-refractivity contribution in [1.29, 1.82) is 0 Å². The average molecular weight is 244 g/mol. The van der Waals surface area contributed by atoms with Crippen molar-refractivity contribution in [2.45, 2.75) is 11.8 Å². The molecule has 4 heteroatoms. The van der Waals surface area contributed by atoms with Crippen LogP contribution >= 0.6 is 0 Å². The summed E-state index contributed by atoms with van der Waals surface area (Å²) in [5, 5.41) is 0. The zero-order valence-corrected chi connectivity index (χ0v) is 10.2. The zero-order chi connectivity index (χ0) is 12.1. The lowest BCUT2D eigenvalue weighted by molar-refractivity contribution is 0.684. The Labute approximate surface area is 103 Å². The number of aromatic nitrogens is 1. The summed E-state index contributed by atoms with van der Waals surface area (Å²) in [5.41, 5.74) is 1.98. The van der Waals surface area contributed by atoms with Gasteiger partial charge in [0.2, 0.25) is 0 Å². The number of pyridine rings is 1. The van der Waals surface area contributed by atoms with Crippen molar-refractivity contribution in [3.05, 3.63) is 59.9 Å². The van der Waals surface area contributed by atoms with Crippen LogP contribution in [0.5, 0.6) is 0 Å². The van der Waals surface area contributed by atoms with E-state index in [0.29, 0.717) is 4.90 Å². The quantitative estimate of drug-likeness (QED) is 0.779. The lowest BCUT2D eigenvalue weighted by atomic mass is 10.2. The molecular formula is C13H12N2OS. The number of benzene rings is 1. The minimum Gasteiger partial charge on any atom is -0.264 e. The van der Waals surface area contributed by atoms with Crippen LogP contribution in [0.15, 0.2) is 58.1 Å². The Balaban J connectivity index is 2.12. The summed E-state index contributed by atoms with van der Waals surface area (Å²) in [4.78, 5) is 4.66. The molecule has 0 saturated carbocycles. The van der Waals surface area contributed by atoms with Crippen LogP contribution in [-0.2, 0) is 11.0 Å². The van der Waals surface area contributed by atoms with Crippen LogP contribution < -0.4 is 0 Å². The molecule has 1 aromatic heterocycles. The van der Waals surface area contributed by atoms with Crippen molar-refractivity contribution in [2.24, 2.45) is 4.40 Å². The molecule has 0 N–H and O–H groups in total. The van der Waals surface area contributed by atoms with E-state index in [9.17, 15) is 4.21 Å². The van der Waals surface area contributed by atoms with Gasteiger partial charge in [0.15, 0.2) is 11.0 Å². The van der Waals surface area contributed by atoms with Gasteiger partial charge < -0.3 is 0 Å². The lowest BCUT2D eigenvalue weighted by Crippen LogP contribution is -1.89. The molecule has 86 valence electrons. The van der Waals surface area contributed by atoms with Crippen LogP contribution in [0.1, 0.15) is 11.1 Å². The molecule has 0 unspecified atom stereocenters. The van der Waals surface area contributed by atoms with Gasteiger partial charge in [0.25, 0.3) is 0 Å². The first kappa shape index (κ1) is 11.7. The van der Waals surface area contributed by atoms with Crippen LogP contribution in [0, 0.1) is 6.92 Å². The Morgan fingerprint density at radius 1 is 1.24 bits per heavy atom. The van der Waals surface area contributed by atoms with Gasteiger partial charge in [-0.25, -0.2) is 4.21 Å². The van der Waals surface area contributed by atoms with Gasteiger partial charge in [-0.05, 0) is 25.1 Å². The Hall–Kier alpha value is -1.81. The summed E-state index contributed by atoms with van der Waals surface area (Å²) in [5.74, 6) is 0. The maximum atomic E-state index is 11.8. The first-order chi connectivity index (χ1) is 8.25. The van der Waals surface area contributed by atoms with E-state index in [-0.39, 0.29) is 0 Å². The van der Waals surface area contributed by atoms with Gasteiger partial charge in [-0.15, -0.1) is 0 Å². The third-order valence-electron chi connectivity index (χ3n) is 2.20. The molecule has 3 nitrogen and oxygen atoms in total. The van der Waals surface area contributed by atoms with Crippen LogP contribution in [0.4, 0.5) is 0 Å². The maximum Gasteiger partial charge on any atom is 0.172 e. The molecule has 1 atom stereocenters. The van der Waals surface area contributed by atoms with E-state index >= 15 is 0 Å². The van der Waals surface area contributed by atoms with Gasteiger partial charge in [-0.1, -0.05) is 23.8 Å². The van der Waals surface area contributed by atoms with Crippen LogP contribution in [0.3, 0.4) is 0 Å². The summed E-state index contributed by atoms with van der Waals surface area (Å²) in [6, 6.07) is 11.2. The summed E-state index contributed by atoms with van der Waals surface area (Å²) in [7, 11) is -1.35. The number of hydrogen-bond donors (Lipinski definition) is 0. The van der Waals surface area contributed by atoms with Crippen molar-refractivity contribution in [3.63, 3.8) is 0 Å². The molecule has 1 aromatic carbocycles. The maximum absolute atomic E-state index is 11.8. The third kappa shape index (κ3) is 3.32. The summed E-state index contributed by atoms with van der Waals surface area (Å²) in [6.45, 7) is 1.99. The summed E-state index contributed by atoms with van der Waals surface area (Å²) >= 11 is 0. The monoisotopic (exact) mass is 244 g/mol. The molecule has 0 radical (unpaired) electrons. The van der Waals surface area contributed by atoms with E-state index in [0.717, 1.165) is 11.1 Å². The van der Waals surface area contributed by atoms with E-state index < -0.39 is 11.0 Å². The van der Waals surface area contributed by atoms with E-state index in [1.807, 2.05) is 43.3 Å². The molecule has 0 aliphatic heterocycles. The Kier molecular flexibility index (Phi) is 3.77. The van der Waals surface area contributed by atoms with E-state index in [1.165, 1.54) is 0 Å². The molecule has 1 heterocycles. The highest BCUT2D eigenvalue weighted by atomic mass is 32.2. The standard InChI is InChI=1S/C13H12N2OS/c1-11-4-6-13(7-5-11)17(16)15-10-12-3-2-8-14-9-12/h2-10H,1H3/b15-10+/t17-/m0/s1. The zero-order valence-electron chi connectivity index (χ0n) is 9.41. The number of hydrogen-bond acceptors (Lipinski definition) is 2. The molecule has 2 rings (SSSR count). The Morgan fingerprint density at radius 2 is 2.00 bits per heavy atom.